The second-order valence-electron chi connectivity index (χ2n) is 5.91. The van der Waals surface area contributed by atoms with Crippen LogP contribution in [0.25, 0.3) is 0 Å². The molecule has 2 N–H and O–H groups in total. The van der Waals surface area contributed by atoms with E-state index < -0.39 is 0 Å². The second-order valence-corrected chi connectivity index (χ2v) is 5.91. The van der Waals surface area contributed by atoms with Crippen LogP contribution in [0.15, 0.2) is 30.3 Å². The van der Waals surface area contributed by atoms with Gasteiger partial charge in [0, 0.05) is 6.54 Å². The Labute approximate surface area is 127 Å². The molecular weight excluding hydrogens is 272 g/mol. The molecule has 1 saturated heterocycles. The van der Waals surface area contributed by atoms with Gasteiger partial charge in [-0.05, 0) is 43.8 Å². The normalized spacial score (nSPS) is 18.7. The van der Waals surface area contributed by atoms with Gasteiger partial charge in [0.25, 0.3) is 0 Å². The SMILES string of the molecule is CC(C(=O)NCC1(C)CCNCC1)c1ccccc1.Cl. The van der Waals surface area contributed by atoms with E-state index in [1.54, 1.807) is 0 Å². The first-order valence-corrected chi connectivity index (χ1v) is 7.14. The van der Waals surface area contributed by atoms with Gasteiger partial charge in [0.1, 0.15) is 0 Å². The van der Waals surface area contributed by atoms with E-state index in [-0.39, 0.29) is 29.6 Å². The zero-order chi connectivity index (χ0) is 13.7. The number of hydrogen-bond acceptors (Lipinski definition) is 2. The van der Waals surface area contributed by atoms with Crippen LogP contribution in [0, 0.1) is 5.41 Å². The number of halogens is 1. The van der Waals surface area contributed by atoms with Crippen LogP contribution in [-0.2, 0) is 4.79 Å². The third-order valence-electron chi connectivity index (χ3n) is 4.19. The van der Waals surface area contributed by atoms with Gasteiger partial charge >= 0.3 is 0 Å². The Hall–Kier alpha value is -1.06. The molecule has 1 fully saturated rings. The summed E-state index contributed by atoms with van der Waals surface area (Å²) in [6.07, 6.45) is 2.26. The van der Waals surface area contributed by atoms with Crippen molar-refractivity contribution < 1.29 is 4.79 Å². The van der Waals surface area contributed by atoms with Crippen LogP contribution in [0.3, 0.4) is 0 Å². The number of carbonyl (C=O) groups excluding carboxylic acids is 1. The molecule has 0 aliphatic carbocycles. The van der Waals surface area contributed by atoms with Crippen molar-refractivity contribution in [2.75, 3.05) is 19.6 Å². The molecule has 0 aromatic heterocycles. The van der Waals surface area contributed by atoms with E-state index >= 15 is 0 Å². The van der Waals surface area contributed by atoms with Gasteiger partial charge in [-0.2, -0.15) is 0 Å². The minimum Gasteiger partial charge on any atom is -0.355 e. The Morgan fingerprint density at radius 1 is 1.30 bits per heavy atom. The molecule has 1 atom stereocenters. The Morgan fingerprint density at radius 3 is 2.50 bits per heavy atom. The third-order valence-corrected chi connectivity index (χ3v) is 4.19. The predicted octanol–water partition coefficient (Wildman–Crippen LogP) is 2.72. The lowest BCUT2D eigenvalue weighted by Crippen LogP contribution is -2.43. The lowest BCUT2D eigenvalue weighted by molar-refractivity contribution is -0.122. The number of piperidine rings is 1. The van der Waals surface area contributed by atoms with Gasteiger partial charge < -0.3 is 10.6 Å². The summed E-state index contributed by atoms with van der Waals surface area (Å²) in [6.45, 7) is 7.13. The first-order valence-electron chi connectivity index (χ1n) is 7.14. The highest BCUT2D eigenvalue weighted by atomic mass is 35.5. The van der Waals surface area contributed by atoms with E-state index in [1.165, 1.54) is 0 Å². The molecule has 1 aromatic carbocycles. The summed E-state index contributed by atoms with van der Waals surface area (Å²) in [7, 11) is 0. The number of benzene rings is 1. The molecule has 1 aliphatic rings. The van der Waals surface area contributed by atoms with Gasteiger partial charge in [0.2, 0.25) is 5.91 Å². The Balaban J connectivity index is 0.00000200. The monoisotopic (exact) mass is 296 g/mol. The Bertz CT molecular complexity index is 416. The van der Waals surface area contributed by atoms with Crippen molar-refractivity contribution in [3.63, 3.8) is 0 Å². The van der Waals surface area contributed by atoms with E-state index in [4.69, 9.17) is 0 Å². The van der Waals surface area contributed by atoms with Gasteiger partial charge in [-0.15, -0.1) is 12.4 Å². The zero-order valence-electron chi connectivity index (χ0n) is 12.3. The van der Waals surface area contributed by atoms with Crippen LogP contribution in [-0.4, -0.2) is 25.5 Å². The highest BCUT2D eigenvalue weighted by molar-refractivity contribution is 5.85. The number of nitrogens with one attached hydrogen (secondary N) is 2. The summed E-state index contributed by atoms with van der Waals surface area (Å²) in [4.78, 5) is 12.2. The average molecular weight is 297 g/mol. The number of hydrogen-bond donors (Lipinski definition) is 2. The molecule has 1 heterocycles. The van der Waals surface area contributed by atoms with Crippen molar-refractivity contribution in [2.24, 2.45) is 5.41 Å². The van der Waals surface area contributed by atoms with Crippen molar-refractivity contribution in [3.8, 4) is 0 Å². The topological polar surface area (TPSA) is 41.1 Å². The molecule has 0 spiro atoms. The maximum absolute atomic E-state index is 12.2. The molecule has 0 saturated carbocycles. The first-order chi connectivity index (χ1) is 9.11. The van der Waals surface area contributed by atoms with Crippen LogP contribution in [0.4, 0.5) is 0 Å². The summed E-state index contributed by atoms with van der Waals surface area (Å²) in [6, 6.07) is 9.96. The van der Waals surface area contributed by atoms with Gasteiger partial charge in [0.05, 0.1) is 5.92 Å². The summed E-state index contributed by atoms with van der Waals surface area (Å²) in [5.41, 5.74) is 1.33. The average Bonchev–Trinajstić information content (AvgIpc) is 2.46. The van der Waals surface area contributed by atoms with E-state index in [0.717, 1.165) is 38.0 Å². The largest absolute Gasteiger partial charge is 0.355 e. The van der Waals surface area contributed by atoms with E-state index in [9.17, 15) is 4.79 Å². The minimum absolute atomic E-state index is 0. The van der Waals surface area contributed by atoms with Gasteiger partial charge in [-0.1, -0.05) is 37.3 Å². The summed E-state index contributed by atoms with van der Waals surface area (Å²) < 4.78 is 0. The zero-order valence-corrected chi connectivity index (χ0v) is 13.1. The van der Waals surface area contributed by atoms with Crippen LogP contribution in [0.2, 0.25) is 0 Å². The smallest absolute Gasteiger partial charge is 0.227 e. The number of carbonyl (C=O) groups is 1. The molecule has 0 radical (unpaired) electrons. The second kappa shape index (κ2) is 7.65. The summed E-state index contributed by atoms with van der Waals surface area (Å²) >= 11 is 0. The van der Waals surface area contributed by atoms with E-state index in [2.05, 4.69) is 17.6 Å². The predicted molar refractivity (Wildman–Crippen MR) is 85.3 cm³/mol. The highest BCUT2D eigenvalue weighted by Gasteiger charge is 2.27. The maximum atomic E-state index is 12.2. The van der Waals surface area contributed by atoms with Crippen molar-refractivity contribution in [1.82, 2.24) is 10.6 Å². The van der Waals surface area contributed by atoms with Crippen LogP contribution < -0.4 is 10.6 Å². The molecule has 1 aliphatic heterocycles. The summed E-state index contributed by atoms with van der Waals surface area (Å²) in [5, 5.41) is 6.49. The lowest BCUT2D eigenvalue weighted by atomic mass is 9.81. The van der Waals surface area contributed by atoms with Crippen molar-refractivity contribution >= 4 is 18.3 Å². The highest BCUT2D eigenvalue weighted by Crippen LogP contribution is 2.27. The molecule has 20 heavy (non-hydrogen) atoms. The third kappa shape index (κ3) is 4.50. The first kappa shape index (κ1) is 17.0. The quantitative estimate of drug-likeness (QED) is 0.897. The Morgan fingerprint density at radius 2 is 1.90 bits per heavy atom. The fraction of sp³-hybridized carbons (Fsp3) is 0.562. The van der Waals surface area contributed by atoms with Gasteiger partial charge in [0.15, 0.2) is 0 Å². The molecule has 1 amide bonds. The molecule has 0 bridgehead atoms. The fourth-order valence-electron chi connectivity index (χ4n) is 2.55. The lowest BCUT2D eigenvalue weighted by Gasteiger charge is -2.34. The van der Waals surface area contributed by atoms with Gasteiger partial charge in [-0.25, -0.2) is 0 Å². The number of amides is 1. The Kier molecular flexibility index (Phi) is 6.50. The van der Waals surface area contributed by atoms with E-state index in [0.29, 0.717) is 0 Å². The number of rotatable bonds is 4. The van der Waals surface area contributed by atoms with E-state index in [1.807, 2.05) is 37.3 Å². The molecule has 112 valence electrons. The molecule has 1 aromatic rings. The molecule has 3 nitrogen and oxygen atoms in total. The molecule has 2 rings (SSSR count). The molecule has 4 heteroatoms. The van der Waals surface area contributed by atoms with Gasteiger partial charge in [-0.3, -0.25) is 4.79 Å². The van der Waals surface area contributed by atoms with Crippen LogP contribution >= 0.6 is 12.4 Å². The molecular formula is C16H25ClN2O. The van der Waals surface area contributed by atoms with Crippen molar-refractivity contribution in [3.05, 3.63) is 35.9 Å². The minimum atomic E-state index is -0.0773. The summed E-state index contributed by atoms with van der Waals surface area (Å²) in [5.74, 6) is 0.0532. The molecule has 1 unspecified atom stereocenters. The standard InChI is InChI=1S/C16H24N2O.ClH/c1-13(14-6-4-3-5-7-14)15(19)18-12-16(2)8-10-17-11-9-16;/h3-7,13,17H,8-12H2,1-2H3,(H,18,19);1H. The van der Waals surface area contributed by atoms with Crippen LogP contribution in [0.5, 0.6) is 0 Å². The van der Waals surface area contributed by atoms with Crippen molar-refractivity contribution in [1.29, 1.82) is 0 Å². The maximum Gasteiger partial charge on any atom is 0.227 e. The van der Waals surface area contributed by atoms with Crippen LogP contribution in [0.1, 0.15) is 38.2 Å². The fourth-order valence-corrected chi connectivity index (χ4v) is 2.55. The van der Waals surface area contributed by atoms with Crippen molar-refractivity contribution in [2.45, 2.75) is 32.6 Å².